The minimum atomic E-state index is -0.804. The number of hydrogen-bond donors (Lipinski definition) is 0. The predicted octanol–water partition coefficient (Wildman–Crippen LogP) is 15.8. The van der Waals surface area contributed by atoms with Crippen LogP contribution in [0.1, 0.15) is 77.0 Å². The Morgan fingerprint density at radius 2 is 1.14 bits per heavy atom. The van der Waals surface area contributed by atoms with Crippen LogP contribution in [0.2, 0.25) is 0 Å². The zero-order valence-electron chi connectivity index (χ0n) is 41.8. The standard InChI is InChI=1S/C67H50BN3/c1-37(2)40-27-29-54-49(32-40)50-36-52-61(48-21-12-13-24-51(48)67(52,5)6)65-66(50)71(54)59-35-43(34-58-64(59)68(65)53-33-41(38(3)4)28-30-55(53)69(58)42-17-8-7-9-18-42)70-56-25-15-23-47-45-20-11-10-19-44(45)46-22-14-16-39-26-31-57(70)63(60(39)46)62(47)56/h7-38H,1-6H3/i38D. The van der Waals surface area contributed by atoms with Crippen LogP contribution in [0.3, 0.4) is 0 Å². The first-order valence-electron chi connectivity index (χ1n) is 26.0. The summed E-state index contributed by atoms with van der Waals surface area (Å²) in [5, 5.41) is 7.78. The maximum absolute atomic E-state index is 9.50. The van der Waals surface area contributed by atoms with Crippen LogP contribution in [0.25, 0.3) is 99.1 Å². The Morgan fingerprint density at radius 3 is 1.93 bits per heavy atom. The van der Waals surface area contributed by atoms with Gasteiger partial charge in [-0.25, -0.2) is 0 Å². The van der Waals surface area contributed by atoms with Crippen LogP contribution in [0.4, 0.5) is 17.1 Å². The molecule has 0 N–H and O–H groups in total. The molecule has 0 atom stereocenters. The molecule has 0 bridgehead atoms. The summed E-state index contributed by atoms with van der Waals surface area (Å²) >= 11 is 0. The molecule has 336 valence electrons. The van der Waals surface area contributed by atoms with Crippen molar-refractivity contribution >= 4 is 94.5 Å². The lowest BCUT2D eigenvalue weighted by Crippen LogP contribution is -2.61. The molecule has 0 saturated heterocycles. The molecule has 16 rings (SSSR count). The molecule has 4 heterocycles. The number of para-hydroxylation sites is 1. The van der Waals surface area contributed by atoms with Gasteiger partial charge in [0.05, 0.1) is 22.2 Å². The summed E-state index contributed by atoms with van der Waals surface area (Å²) in [4.78, 5) is 2.53. The molecule has 0 radical (unpaired) electrons. The van der Waals surface area contributed by atoms with Gasteiger partial charge in [0.15, 0.2) is 0 Å². The van der Waals surface area contributed by atoms with Gasteiger partial charge in [0, 0.05) is 56.6 Å². The van der Waals surface area contributed by atoms with E-state index in [0.717, 1.165) is 22.6 Å². The zero-order valence-corrected chi connectivity index (χ0v) is 40.8. The molecule has 0 spiro atoms. The van der Waals surface area contributed by atoms with Gasteiger partial charge in [0.1, 0.15) is 0 Å². The summed E-state index contributed by atoms with van der Waals surface area (Å²) in [6, 6.07) is 69.4. The summed E-state index contributed by atoms with van der Waals surface area (Å²) in [5.74, 6) is -0.428. The van der Waals surface area contributed by atoms with Crippen molar-refractivity contribution in [2.24, 2.45) is 0 Å². The average Bonchev–Trinajstić information content (AvgIpc) is 3.96. The smallest absolute Gasteiger partial charge is 0.253 e. The zero-order chi connectivity index (χ0) is 48.3. The van der Waals surface area contributed by atoms with Gasteiger partial charge in [0.25, 0.3) is 6.71 Å². The van der Waals surface area contributed by atoms with Crippen molar-refractivity contribution in [1.29, 1.82) is 0 Å². The highest BCUT2D eigenvalue weighted by atomic mass is 15.2. The number of aromatic nitrogens is 2. The third-order valence-corrected chi connectivity index (χ3v) is 17.2. The molecular weight excluding hydrogens is 858 g/mol. The lowest BCUT2D eigenvalue weighted by molar-refractivity contribution is 0.661. The normalized spacial score (nSPS) is 14.7. The van der Waals surface area contributed by atoms with Gasteiger partial charge in [-0.15, -0.1) is 0 Å². The van der Waals surface area contributed by atoms with Gasteiger partial charge in [-0.3, -0.25) is 0 Å². The van der Waals surface area contributed by atoms with Crippen LogP contribution in [0, 0.1) is 0 Å². The van der Waals surface area contributed by atoms with Crippen molar-refractivity contribution in [1.82, 2.24) is 9.13 Å². The van der Waals surface area contributed by atoms with Crippen molar-refractivity contribution in [3.05, 3.63) is 204 Å². The summed E-state index contributed by atoms with van der Waals surface area (Å²) in [6.45, 7) is 13.4. The number of hydrogen-bond acceptors (Lipinski definition) is 1. The second-order valence-corrected chi connectivity index (χ2v) is 21.8. The van der Waals surface area contributed by atoms with Gasteiger partial charge in [-0.1, -0.05) is 163 Å². The molecule has 4 heteroatoms. The van der Waals surface area contributed by atoms with E-state index in [1.54, 1.807) is 0 Å². The molecule has 0 unspecified atom stereocenters. The van der Waals surface area contributed by atoms with E-state index in [-0.39, 0.29) is 12.1 Å². The molecule has 3 nitrogen and oxygen atoms in total. The maximum atomic E-state index is 9.50. The molecule has 10 aromatic carbocycles. The molecular formula is C67H50BN3. The highest BCUT2D eigenvalue weighted by molar-refractivity contribution is 7.01. The highest BCUT2D eigenvalue weighted by Crippen LogP contribution is 2.54. The lowest BCUT2D eigenvalue weighted by Gasteiger charge is -2.41. The average molecular weight is 909 g/mol. The first kappa shape index (κ1) is 38.7. The summed E-state index contributed by atoms with van der Waals surface area (Å²) < 4.78 is 14.7. The van der Waals surface area contributed by atoms with Gasteiger partial charge < -0.3 is 14.0 Å². The second-order valence-electron chi connectivity index (χ2n) is 21.8. The summed E-state index contributed by atoms with van der Waals surface area (Å²) in [7, 11) is 0. The number of benzene rings is 10. The molecule has 4 aliphatic rings. The summed E-state index contributed by atoms with van der Waals surface area (Å²) in [6.07, 6.45) is 0. The topological polar surface area (TPSA) is 13.1 Å². The van der Waals surface area contributed by atoms with Crippen LogP contribution >= 0.6 is 0 Å². The molecule has 2 aromatic heterocycles. The molecule has 0 fully saturated rings. The van der Waals surface area contributed by atoms with Crippen LogP contribution in [-0.4, -0.2) is 15.8 Å². The minimum absolute atomic E-state index is 0.125. The van der Waals surface area contributed by atoms with Gasteiger partial charge in [-0.2, -0.15) is 0 Å². The van der Waals surface area contributed by atoms with E-state index in [9.17, 15) is 1.37 Å². The number of nitrogens with zero attached hydrogens (tertiary/aromatic N) is 3. The second kappa shape index (κ2) is 13.6. The lowest BCUT2D eigenvalue weighted by atomic mass is 9.32. The van der Waals surface area contributed by atoms with Crippen LogP contribution < -0.4 is 21.3 Å². The van der Waals surface area contributed by atoms with Crippen LogP contribution in [0.5, 0.6) is 0 Å². The quantitative estimate of drug-likeness (QED) is 0.160. The Labute approximate surface area is 415 Å². The first-order chi connectivity index (χ1) is 35.0. The third-order valence-electron chi connectivity index (χ3n) is 17.2. The monoisotopic (exact) mass is 908 g/mol. The van der Waals surface area contributed by atoms with Crippen molar-refractivity contribution in [2.45, 2.75) is 58.8 Å². The molecule has 2 aliphatic carbocycles. The number of rotatable bonds is 4. The van der Waals surface area contributed by atoms with E-state index in [0.29, 0.717) is 5.92 Å². The first-order valence-corrected chi connectivity index (χ1v) is 25.5. The Hall–Kier alpha value is -8.08. The van der Waals surface area contributed by atoms with E-state index < -0.39 is 5.89 Å². The molecule has 2 aliphatic heterocycles. The van der Waals surface area contributed by atoms with Gasteiger partial charge in [0.2, 0.25) is 0 Å². The van der Waals surface area contributed by atoms with Crippen LogP contribution in [-0.2, 0) is 5.41 Å². The molecule has 12 aromatic rings. The fourth-order valence-corrected chi connectivity index (χ4v) is 14.0. The van der Waals surface area contributed by atoms with Crippen molar-refractivity contribution in [2.75, 3.05) is 4.90 Å². The SMILES string of the molecule is [2H]C(C)(C)c1ccc2c(c1)B1c3c(cc(-n4c5cccc6c5c5c7c(cccc7ccc54)-c4ccccc4-6)cc3-n3c4ccc(C(C)C)cc4c4cc5c(c1c43)-c1ccccc1C5(C)C)N2c1ccccc1. The molecule has 0 saturated carbocycles. The number of fused-ring (bicyclic) bond motifs is 14. The molecule has 71 heavy (non-hydrogen) atoms. The van der Waals surface area contributed by atoms with E-state index in [4.69, 9.17) is 0 Å². The predicted molar refractivity (Wildman–Crippen MR) is 302 cm³/mol. The Bertz CT molecular complexity index is 4450. The van der Waals surface area contributed by atoms with E-state index in [1.807, 2.05) is 13.8 Å². The Balaban J connectivity index is 1.12. The fourth-order valence-electron chi connectivity index (χ4n) is 14.0. The van der Waals surface area contributed by atoms with Crippen molar-refractivity contribution < 1.29 is 1.37 Å². The Kier molecular flexibility index (Phi) is 7.43. The minimum Gasteiger partial charge on any atom is -0.311 e. The summed E-state index contributed by atoms with van der Waals surface area (Å²) in [5.41, 5.74) is 27.3. The van der Waals surface area contributed by atoms with Gasteiger partial charge >= 0.3 is 0 Å². The van der Waals surface area contributed by atoms with Crippen molar-refractivity contribution in [3.63, 3.8) is 0 Å². The fraction of sp³-hybridized carbons (Fsp3) is 0.134. The third kappa shape index (κ3) is 4.90. The highest BCUT2D eigenvalue weighted by Gasteiger charge is 2.48. The van der Waals surface area contributed by atoms with Gasteiger partial charge in [-0.05, 0) is 155 Å². The number of anilines is 3. The Morgan fingerprint density at radius 1 is 0.465 bits per heavy atom. The van der Waals surface area contributed by atoms with Crippen LogP contribution in [0.15, 0.2) is 182 Å². The van der Waals surface area contributed by atoms with E-state index in [2.05, 4.69) is 224 Å². The van der Waals surface area contributed by atoms with Crippen molar-refractivity contribution in [3.8, 4) is 44.8 Å². The largest absolute Gasteiger partial charge is 0.311 e. The maximum Gasteiger partial charge on any atom is 0.253 e. The molecule has 0 amide bonds. The van der Waals surface area contributed by atoms with E-state index in [1.165, 1.54) is 132 Å². The van der Waals surface area contributed by atoms with E-state index >= 15 is 0 Å².